The molecule has 3 aliphatic rings. The summed E-state index contributed by atoms with van der Waals surface area (Å²) in [5.41, 5.74) is 1.76. The second-order valence-electron chi connectivity index (χ2n) is 7.86. The van der Waals surface area contributed by atoms with E-state index in [1.54, 1.807) is 12.1 Å². The number of carbonyl (C=O) groups is 1. The molecule has 5 rings (SSSR count). The van der Waals surface area contributed by atoms with Crippen LogP contribution in [0.25, 0.3) is 0 Å². The number of rotatable bonds is 5. The van der Waals surface area contributed by atoms with Gasteiger partial charge in [-0.05, 0) is 19.5 Å². The molecule has 3 aliphatic heterocycles. The number of nitro benzene ring substituents is 1. The second kappa shape index (κ2) is 7.69. The first-order chi connectivity index (χ1) is 15.9. The molecule has 2 aromatic carbocycles. The van der Waals surface area contributed by atoms with Crippen molar-refractivity contribution in [1.29, 1.82) is 0 Å². The molecule has 1 unspecified atom stereocenters. The third kappa shape index (κ3) is 2.88. The fourth-order valence-electron chi connectivity index (χ4n) is 5.00. The lowest BCUT2D eigenvalue weighted by Gasteiger charge is -2.38. The first-order valence-corrected chi connectivity index (χ1v) is 10.3. The van der Waals surface area contributed by atoms with Crippen LogP contribution in [0.15, 0.2) is 12.1 Å². The van der Waals surface area contributed by atoms with Crippen molar-refractivity contribution in [1.82, 2.24) is 4.90 Å². The highest BCUT2D eigenvalue weighted by Gasteiger charge is 2.49. The van der Waals surface area contributed by atoms with Gasteiger partial charge in [-0.2, -0.15) is 0 Å². The molecule has 0 N–H and O–H groups in total. The van der Waals surface area contributed by atoms with Crippen molar-refractivity contribution in [3.05, 3.63) is 44.5 Å². The zero-order valence-corrected chi connectivity index (χ0v) is 18.5. The van der Waals surface area contributed by atoms with E-state index in [2.05, 4.69) is 0 Å². The first-order valence-electron chi connectivity index (χ1n) is 10.3. The Morgan fingerprint density at radius 2 is 1.82 bits per heavy atom. The van der Waals surface area contributed by atoms with Crippen LogP contribution in [0.3, 0.4) is 0 Å². The highest BCUT2D eigenvalue weighted by atomic mass is 16.7. The summed E-state index contributed by atoms with van der Waals surface area (Å²) >= 11 is 0. The molecule has 0 spiro atoms. The molecule has 11 nitrogen and oxygen atoms in total. The Morgan fingerprint density at radius 1 is 1.09 bits per heavy atom. The molecule has 0 radical (unpaired) electrons. The van der Waals surface area contributed by atoms with Crippen molar-refractivity contribution >= 4 is 11.7 Å². The Morgan fingerprint density at radius 3 is 2.48 bits per heavy atom. The van der Waals surface area contributed by atoms with E-state index in [0.717, 1.165) is 0 Å². The Labute approximate surface area is 188 Å². The van der Waals surface area contributed by atoms with E-state index in [0.29, 0.717) is 41.2 Å². The van der Waals surface area contributed by atoms with Crippen LogP contribution in [0.1, 0.15) is 39.2 Å². The summed E-state index contributed by atoms with van der Waals surface area (Å²) in [5, 5.41) is 12.0. The summed E-state index contributed by atoms with van der Waals surface area (Å²) in [6.07, 6.45) is -0.365. The summed E-state index contributed by atoms with van der Waals surface area (Å²) in [5.74, 6) is 0.715. The van der Waals surface area contributed by atoms with Crippen molar-refractivity contribution in [2.75, 3.05) is 41.7 Å². The number of nitrogens with zero attached hydrogens (tertiary/aromatic N) is 2. The number of methoxy groups -OCH3 is 3. The molecular formula is C22H22N2O9. The topological polar surface area (TPSA) is 119 Å². The van der Waals surface area contributed by atoms with Gasteiger partial charge in [-0.1, -0.05) is 6.07 Å². The third-order valence-corrected chi connectivity index (χ3v) is 6.37. The van der Waals surface area contributed by atoms with Gasteiger partial charge in [-0.3, -0.25) is 15.0 Å². The Balaban J connectivity index is 1.75. The van der Waals surface area contributed by atoms with E-state index >= 15 is 0 Å². The van der Waals surface area contributed by atoms with Crippen molar-refractivity contribution < 1.29 is 38.1 Å². The number of carbonyl (C=O) groups excluding carboxylic acids is 1. The van der Waals surface area contributed by atoms with E-state index < -0.39 is 23.0 Å². The Bertz CT molecular complexity index is 1180. The number of fused-ring (bicyclic) bond motifs is 3. The molecule has 0 amide bonds. The number of cyclic esters (lactones) is 1. The van der Waals surface area contributed by atoms with E-state index in [1.165, 1.54) is 21.3 Å². The lowest BCUT2D eigenvalue weighted by molar-refractivity contribution is -0.386. The van der Waals surface area contributed by atoms with Crippen molar-refractivity contribution in [2.45, 2.75) is 18.6 Å². The maximum absolute atomic E-state index is 12.9. The average Bonchev–Trinajstić information content (AvgIpc) is 3.41. The summed E-state index contributed by atoms with van der Waals surface area (Å²) < 4.78 is 33.3. The minimum atomic E-state index is -0.759. The molecule has 33 heavy (non-hydrogen) atoms. The fraction of sp³-hybridized carbons (Fsp3) is 0.409. The van der Waals surface area contributed by atoms with Crippen LogP contribution in [0, 0.1) is 10.1 Å². The number of benzene rings is 2. The summed E-state index contributed by atoms with van der Waals surface area (Å²) in [6.45, 7) is 0.353. The third-order valence-electron chi connectivity index (χ3n) is 6.37. The summed E-state index contributed by atoms with van der Waals surface area (Å²) in [7, 11) is 6.28. The predicted octanol–water partition coefficient (Wildman–Crippen LogP) is 2.79. The van der Waals surface area contributed by atoms with Gasteiger partial charge < -0.3 is 28.4 Å². The maximum Gasteiger partial charge on any atom is 0.343 e. The quantitative estimate of drug-likeness (QED) is 0.376. The molecule has 0 aromatic heterocycles. The van der Waals surface area contributed by atoms with Crippen LogP contribution in [0.5, 0.6) is 28.7 Å². The molecule has 0 bridgehead atoms. The average molecular weight is 458 g/mol. The van der Waals surface area contributed by atoms with Crippen LogP contribution >= 0.6 is 0 Å². The molecule has 2 aromatic rings. The summed E-state index contributed by atoms with van der Waals surface area (Å²) in [6, 6.07) is 2.89. The second-order valence-corrected chi connectivity index (χ2v) is 7.86. The molecule has 2 atom stereocenters. The summed E-state index contributed by atoms with van der Waals surface area (Å²) in [4.78, 5) is 26.5. The van der Waals surface area contributed by atoms with Crippen molar-refractivity contribution in [2.24, 2.45) is 0 Å². The molecule has 0 fully saturated rings. The van der Waals surface area contributed by atoms with Gasteiger partial charge in [0.2, 0.25) is 18.3 Å². The van der Waals surface area contributed by atoms with Crippen LogP contribution in [-0.2, 0) is 11.2 Å². The van der Waals surface area contributed by atoms with Crippen molar-refractivity contribution in [3.63, 3.8) is 0 Å². The van der Waals surface area contributed by atoms with Gasteiger partial charge in [0.1, 0.15) is 11.7 Å². The molecule has 11 heteroatoms. The van der Waals surface area contributed by atoms with E-state index in [4.69, 9.17) is 28.4 Å². The monoisotopic (exact) mass is 458 g/mol. The number of likely N-dealkylation sites (N-methyl/N-ethyl adjacent to an activating group) is 1. The highest BCUT2D eigenvalue weighted by molar-refractivity contribution is 5.98. The van der Waals surface area contributed by atoms with Crippen LogP contribution in [-0.4, -0.2) is 57.5 Å². The number of nitro groups is 1. The van der Waals surface area contributed by atoms with E-state index in [-0.39, 0.29) is 35.3 Å². The van der Waals surface area contributed by atoms with Crippen LogP contribution in [0.4, 0.5) is 5.69 Å². The maximum atomic E-state index is 12.9. The van der Waals surface area contributed by atoms with Gasteiger partial charge in [0.25, 0.3) is 0 Å². The molecular weight excluding hydrogens is 436 g/mol. The predicted molar refractivity (Wildman–Crippen MR) is 113 cm³/mol. The van der Waals surface area contributed by atoms with Gasteiger partial charge in [0, 0.05) is 23.2 Å². The molecule has 0 aliphatic carbocycles. The van der Waals surface area contributed by atoms with Crippen LogP contribution in [0.2, 0.25) is 0 Å². The number of esters is 1. The minimum Gasteiger partial charge on any atom is -0.493 e. The fourth-order valence-corrected chi connectivity index (χ4v) is 5.00. The largest absolute Gasteiger partial charge is 0.493 e. The van der Waals surface area contributed by atoms with E-state index in [1.807, 2.05) is 11.9 Å². The number of hydrogen-bond acceptors (Lipinski definition) is 10. The Kier molecular flexibility index (Phi) is 4.93. The van der Waals surface area contributed by atoms with Crippen LogP contribution < -0.4 is 23.7 Å². The lowest BCUT2D eigenvalue weighted by Crippen LogP contribution is -2.36. The highest BCUT2D eigenvalue weighted by Crippen LogP contribution is 2.58. The van der Waals surface area contributed by atoms with Gasteiger partial charge in [0.05, 0.1) is 32.3 Å². The van der Waals surface area contributed by atoms with Gasteiger partial charge >= 0.3 is 11.7 Å². The molecule has 174 valence electrons. The smallest absolute Gasteiger partial charge is 0.343 e. The zero-order valence-electron chi connectivity index (χ0n) is 18.5. The Hall–Kier alpha value is -3.73. The normalized spacial score (nSPS) is 20.7. The van der Waals surface area contributed by atoms with E-state index in [9.17, 15) is 14.9 Å². The zero-order chi connectivity index (χ0) is 23.4. The van der Waals surface area contributed by atoms with Gasteiger partial charge in [0.15, 0.2) is 17.2 Å². The number of hydrogen-bond donors (Lipinski definition) is 0. The molecule has 0 saturated carbocycles. The lowest BCUT2D eigenvalue weighted by atomic mass is 9.84. The molecule has 0 saturated heterocycles. The SMILES string of the molecule is COc1ccc2c(c1OC)C(=O)O[C@@H]2C1c2c(c([N+](=O)[O-])c3c(c2OC)OCO3)CCN1C. The number of ether oxygens (including phenoxy) is 6. The van der Waals surface area contributed by atoms with Crippen molar-refractivity contribution in [3.8, 4) is 28.7 Å². The van der Waals surface area contributed by atoms with Gasteiger partial charge in [-0.25, -0.2) is 4.79 Å². The van der Waals surface area contributed by atoms with Gasteiger partial charge in [-0.15, -0.1) is 0 Å². The minimum absolute atomic E-state index is 0.0640. The molecule has 3 heterocycles. The first kappa shape index (κ1) is 21.1. The standard InChI is InChI=1S/C22H22N2O9/c1-23-8-7-10-13(19(30-4)21-20(31-9-32-21)15(10)24(26)27)16(23)17-11-5-6-12(28-2)18(29-3)14(11)22(25)33-17/h5-6,16-17H,7-9H2,1-4H3/t16?,17-/m0/s1.